The van der Waals surface area contributed by atoms with Gasteiger partial charge in [0.15, 0.2) is 0 Å². The minimum atomic E-state index is -0.340. The summed E-state index contributed by atoms with van der Waals surface area (Å²) in [6.45, 7) is 9.36. The van der Waals surface area contributed by atoms with Crippen LogP contribution in [-0.2, 0) is 4.74 Å². The summed E-state index contributed by atoms with van der Waals surface area (Å²) in [6.07, 6.45) is 0. The number of ether oxygens (including phenoxy) is 1. The molecular formula is C15H24FNO2. The molecule has 2 atom stereocenters. The Labute approximate surface area is 114 Å². The normalized spacial score (nSPS) is 14.6. The van der Waals surface area contributed by atoms with Gasteiger partial charge in [0, 0.05) is 24.3 Å². The average molecular weight is 269 g/mol. The molecular weight excluding hydrogens is 245 g/mol. The largest absolute Gasteiger partial charge is 0.508 e. The number of halogens is 1. The smallest absolute Gasteiger partial charge is 0.123 e. The van der Waals surface area contributed by atoms with Gasteiger partial charge in [-0.15, -0.1) is 0 Å². The topological polar surface area (TPSA) is 41.5 Å². The molecule has 0 saturated carbocycles. The van der Waals surface area contributed by atoms with Gasteiger partial charge in [-0.3, -0.25) is 0 Å². The lowest BCUT2D eigenvalue weighted by Crippen LogP contribution is -2.39. The molecule has 1 aromatic carbocycles. The van der Waals surface area contributed by atoms with Crippen LogP contribution in [0.2, 0.25) is 0 Å². The van der Waals surface area contributed by atoms with Gasteiger partial charge in [0.25, 0.3) is 0 Å². The summed E-state index contributed by atoms with van der Waals surface area (Å²) < 4.78 is 18.7. The van der Waals surface area contributed by atoms with Crippen LogP contribution in [0, 0.1) is 11.7 Å². The number of nitrogens with one attached hydrogen (secondary N) is 1. The number of phenolic OH excluding ortho intramolecular Hbond substituents is 1. The van der Waals surface area contributed by atoms with E-state index in [4.69, 9.17) is 4.74 Å². The van der Waals surface area contributed by atoms with Crippen molar-refractivity contribution in [3.05, 3.63) is 29.6 Å². The molecule has 0 heterocycles. The zero-order valence-electron chi connectivity index (χ0n) is 12.1. The lowest BCUT2D eigenvalue weighted by molar-refractivity contribution is 0.104. The van der Waals surface area contributed by atoms with Gasteiger partial charge < -0.3 is 15.2 Å². The Morgan fingerprint density at radius 3 is 2.58 bits per heavy atom. The van der Waals surface area contributed by atoms with Crippen LogP contribution in [-0.4, -0.2) is 24.4 Å². The van der Waals surface area contributed by atoms with E-state index in [1.54, 1.807) is 0 Å². The van der Waals surface area contributed by atoms with Crippen LogP contribution in [0.1, 0.15) is 39.3 Å². The van der Waals surface area contributed by atoms with Crippen LogP contribution in [0.5, 0.6) is 5.75 Å². The van der Waals surface area contributed by atoms with Gasteiger partial charge in [0.1, 0.15) is 11.6 Å². The van der Waals surface area contributed by atoms with Crippen LogP contribution in [0.4, 0.5) is 4.39 Å². The predicted molar refractivity (Wildman–Crippen MR) is 74.7 cm³/mol. The maximum atomic E-state index is 13.2. The van der Waals surface area contributed by atoms with Crippen LogP contribution in [0.15, 0.2) is 18.2 Å². The lowest BCUT2D eigenvalue weighted by atomic mass is 10.0. The molecule has 0 aliphatic rings. The third-order valence-electron chi connectivity index (χ3n) is 3.23. The molecule has 108 valence electrons. The minimum absolute atomic E-state index is 0.111. The SMILES string of the molecule is CCOCC(NC(C)c1cc(F)ccc1O)C(C)C. The van der Waals surface area contributed by atoms with Crippen molar-refractivity contribution in [2.24, 2.45) is 5.92 Å². The van der Waals surface area contributed by atoms with Gasteiger partial charge in [0.05, 0.1) is 6.61 Å². The first-order valence-electron chi connectivity index (χ1n) is 6.77. The molecule has 1 aromatic rings. The Morgan fingerprint density at radius 2 is 2.00 bits per heavy atom. The summed E-state index contributed by atoms with van der Waals surface area (Å²) >= 11 is 0. The molecule has 0 aliphatic carbocycles. The van der Waals surface area contributed by atoms with E-state index < -0.39 is 0 Å². The van der Waals surface area contributed by atoms with Crippen LogP contribution >= 0.6 is 0 Å². The first-order valence-corrected chi connectivity index (χ1v) is 6.77. The second kappa shape index (κ2) is 7.46. The monoisotopic (exact) mass is 269 g/mol. The van der Waals surface area contributed by atoms with Crippen LogP contribution in [0.25, 0.3) is 0 Å². The van der Waals surface area contributed by atoms with E-state index in [9.17, 15) is 9.50 Å². The van der Waals surface area contributed by atoms with E-state index in [-0.39, 0.29) is 23.7 Å². The molecule has 0 fully saturated rings. The third-order valence-corrected chi connectivity index (χ3v) is 3.23. The van der Waals surface area contributed by atoms with Crippen molar-refractivity contribution in [1.29, 1.82) is 0 Å². The van der Waals surface area contributed by atoms with Crippen molar-refractivity contribution in [2.45, 2.75) is 39.8 Å². The third kappa shape index (κ3) is 4.80. The number of aromatic hydroxyl groups is 1. The molecule has 2 N–H and O–H groups in total. The highest BCUT2D eigenvalue weighted by Gasteiger charge is 2.19. The predicted octanol–water partition coefficient (Wildman–Crippen LogP) is 3.24. The molecule has 19 heavy (non-hydrogen) atoms. The van der Waals surface area contributed by atoms with Gasteiger partial charge in [-0.1, -0.05) is 13.8 Å². The Morgan fingerprint density at radius 1 is 1.32 bits per heavy atom. The number of hydrogen-bond acceptors (Lipinski definition) is 3. The maximum Gasteiger partial charge on any atom is 0.123 e. The summed E-state index contributed by atoms with van der Waals surface area (Å²) in [5, 5.41) is 13.2. The molecule has 3 nitrogen and oxygen atoms in total. The zero-order valence-corrected chi connectivity index (χ0v) is 12.1. The fourth-order valence-corrected chi connectivity index (χ4v) is 1.96. The van der Waals surface area contributed by atoms with Crippen molar-refractivity contribution < 1.29 is 14.2 Å². The summed E-state index contributed by atoms with van der Waals surface area (Å²) in [5.74, 6) is 0.164. The molecule has 0 bridgehead atoms. The van der Waals surface area contributed by atoms with E-state index in [0.29, 0.717) is 24.7 Å². The Kier molecular flexibility index (Phi) is 6.25. The summed E-state index contributed by atoms with van der Waals surface area (Å²) in [4.78, 5) is 0. The molecule has 0 aromatic heterocycles. The highest BCUT2D eigenvalue weighted by Crippen LogP contribution is 2.25. The number of rotatable bonds is 7. The van der Waals surface area contributed by atoms with Gasteiger partial charge in [-0.2, -0.15) is 0 Å². The number of benzene rings is 1. The molecule has 0 spiro atoms. The van der Waals surface area contributed by atoms with Gasteiger partial charge >= 0.3 is 0 Å². The number of hydrogen-bond donors (Lipinski definition) is 2. The molecule has 0 saturated heterocycles. The van der Waals surface area contributed by atoms with E-state index in [0.717, 1.165) is 0 Å². The van der Waals surface area contributed by atoms with Crippen molar-refractivity contribution in [3.63, 3.8) is 0 Å². The molecule has 4 heteroatoms. The van der Waals surface area contributed by atoms with Crippen LogP contribution in [0.3, 0.4) is 0 Å². The first kappa shape index (κ1) is 15.9. The number of phenols is 1. The van der Waals surface area contributed by atoms with Gasteiger partial charge in [0.2, 0.25) is 0 Å². The summed E-state index contributed by atoms with van der Waals surface area (Å²) in [5.41, 5.74) is 0.571. The van der Waals surface area contributed by atoms with E-state index in [1.807, 2.05) is 13.8 Å². The summed E-state index contributed by atoms with van der Waals surface area (Å²) in [6, 6.07) is 4.04. The van der Waals surface area contributed by atoms with Crippen molar-refractivity contribution in [2.75, 3.05) is 13.2 Å². The van der Waals surface area contributed by atoms with E-state index in [2.05, 4.69) is 19.2 Å². The molecule has 1 rings (SSSR count). The second-order valence-electron chi connectivity index (χ2n) is 5.10. The highest BCUT2D eigenvalue weighted by atomic mass is 19.1. The van der Waals surface area contributed by atoms with E-state index in [1.165, 1.54) is 18.2 Å². The Bertz CT molecular complexity index is 396. The molecule has 0 radical (unpaired) electrons. The Hall–Kier alpha value is -1.13. The first-order chi connectivity index (χ1) is 8.95. The minimum Gasteiger partial charge on any atom is -0.508 e. The lowest BCUT2D eigenvalue weighted by Gasteiger charge is -2.27. The summed E-state index contributed by atoms with van der Waals surface area (Å²) in [7, 11) is 0. The molecule has 0 aliphatic heterocycles. The fourth-order valence-electron chi connectivity index (χ4n) is 1.96. The fraction of sp³-hybridized carbons (Fsp3) is 0.600. The van der Waals surface area contributed by atoms with Crippen molar-refractivity contribution in [3.8, 4) is 5.75 Å². The Balaban J connectivity index is 2.75. The molecule has 2 unspecified atom stereocenters. The second-order valence-corrected chi connectivity index (χ2v) is 5.10. The zero-order chi connectivity index (χ0) is 14.4. The van der Waals surface area contributed by atoms with Gasteiger partial charge in [-0.05, 0) is 38.0 Å². The standard InChI is InChI=1S/C15H24FNO2/c1-5-19-9-14(10(2)3)17-11(4)13-8-12(16)6-7-15(13)18/h6-8,10-11,14,17-18H,5,9H2,1-4H3. The van der Waals surface area contributed by atoms with Crippen LogP contribution < -0.4 is 5.32 Å². The molecule has 0 amide bonds. The van der Waals surface area contributed by atoms with Gasteiger partial charge in [-0.25, -0.2) is 4.39 Å². The van der Waals surface area contributed by atoms with Crippen molar-refractivity contribution in [1.82, 2.24) is 5.32 Å². The highest BCUT2D eigenvalue weighted by molar-refractivity contribution is 5.34. The van der Waals surface area contributed by atoms with E-state index >= 15 is 0 Å². The average Bonchev–Trinajstić information content (AvgIpc) is 2.36. The maximum absolute atomic E-state index is 13.2. The quantitative estimate of drug-likeness (QED) is 0.798. The van der Waals surface area contributed by atoms with Crippen molar-refractivity contribution >= 4 is 0 Å².